The Bertz CT molecular complexity index is 324. The summed E-state index contributed by atoms with van der Waals surface area (Å²) in [7, 11) is 0. The van der Waals surface area contributed by atoms with Crippen LogP contribution in [-0.2, 0) is 0 Å². The number of rotatable bonds is 5. The van der Waals surface area contributed by atoms with Gasteiger partial charge in [-0.25, -0.2) is 0 Å². The predicted molar refractivity (Wildman–Crippen MR) is 71.9 cm³/mol. The zero-order chi connectivity index (χ0) is 12.1. The van der Waals surface area contributed by atoms with Crippen LogP contribution < -0.4 is 5.32 Å². The molecule has 1 rings (SSSR count). The van der Waals surface area contributed by atoms with Crippen molar-refractivity contribution in [3.63, 3.8) is 0 Å². The van der Waals surface area contributed by atoms with Gasteiger partial charge in [0.1, 0.15) is 0 Å². The first-order valence-corrected chi connectivity index (χ1v) is 6.44. The summed E-state index contributed by atoms with van der Waals surface area (Å²) in [5.74, 6) is 0.696. The van der Waals surface area contributed by atoms with E-state index in [2.05, 4.69) is 39.1 Å². The first-order valence-electron chi connectivity index (χ1n) is 6.06. The highest BCUT2D eigenvalue weighted by atomic mass is 35.5. The molecule has 0 radical (unpaired) electrons. The van der Waals surface area contributed by atoms with E-state index in [1.165, 1.54) is 12.0 Å². The average molecular weight is 240 g/mol. The molecule has 1 nitrogen and oxygen atoms in total. The van der Waals surface area contributed by atoms with Crippen molar-refractivity contribution < 1.29 is 0 Å². The van der Waals surface area contributed by atoms with Gasteiger partial charge in [-0.2, -0.15) is 0 Å². The molecule has 16 heavy (non-hydrogen) atoms. The summed E-state index contributed by atoms with van der Waals surface area (Å²) in [6, 6.07) is 8.94. The van der Waals surface area contributed by atoms with Crippen LogP contribution in [0.25, 0.3) is 0 Å². The smallest absolute Gasteiger partial charge is 0.0409 e. The SMILES string of the molecule is CCC(C)C(C)NC(C)c1cccc(Cl)c1. The lowest BCUT2D eigenvalue weighted by atomic mass is 9.99. The Morgan fingerprint density at radius 2 is 1.94 bits per heavy atom. The molecule has 0 aliphatic carbocycles. The summed E-state index contributed by atoms with van der Waals surface area (Å²) >= 11 is 5.99. The largest absolute Gasteiger partial charge is 0.307 e. The average Bonchev–Trinajstić information content (AvgIpc) is 2.27. The van der Waals surface area contributed by atoms with Gasteiger partial charge >= 0.3 is 0 Å². The van der Waals surface area contributed by atoms with Crippen LogP contribution in [-0.4, -0.2) is 6.04 Å². The summed E-state index contributed by atoms with van der Waals surface area (Å²) < 4.78 is 0. The fraction of sp³-hybridized carbons (Fsp3) is 0.571. The topological polar surface area (TPSA) is 12.0 Å². The lowest BCUT2D eigenvalue weighted by Gasteiger charge is -2.24. The van der Waals surface area contributed by atoms with Gasteiger partial charge < -0.3 is 5.32 Å². The second-order valence-electron chi connectivity index (χ2n) is 4.62. The minimum atomic E-state index is 0.350. The number of benzene rings is 1. The van der Waals surface area contributed by atoms with Crippen LogP contribution in [0.3, 0.4) is 0 Å². The van der Waals surface area contributed by atoms with E-state index in [1.54, 1.807) is 0 Å². The van der Waals surface area contributed by atoms with Crippen LogP contribution in [0.1, 0.15) is 45.7 Å². The Morgan fingerprint density at radius 3 is 2.50 bits per heavy atom. The Morgan fingerprint density at radius 1 is 1.25 bits per heavy atom. The molecule has 3 unspecified atom stereocenters. The van der Waals surface area contributed by atoms with E-state index >= 15 is 0 Å². The molecule has 3 atom stereocenters. The molecule has 0 spiro atoms. The standard InChI is InChI=1S/C14H22ClN/c1-5-10(2)11(3)16-12(4)13-7-6-8-14(15)9-13/h6-12,16H,5H2,1-4H3. The third kappa shape index (κ3) is 3.80. The Hall–Kier alpha value is -0.530. The third-order valence-corrected chi connectivity index (χ3v) is 3.59. The molecule has 90 valence electrons. The highest BCUT2D eigenvalue weighted by molar-refractivity contribution is 6.30. The predicted octanol–water partition coefficient (Wildman–Crippen LogP) is 4.43. The van der Waals surface area contributed by atoms with E-state index in [9.17, 15) is 0 Å². The first kappa shape index (κ1) is 13.5. The highest BCUT2D eigenvalue weighted by Crippen LogP contribution is 2.19. The quantitative estimate of drug-likeness (QED) is 0.802. The molecule has 1 N–H and O–H groups in total. The fourth-order valence-corrected chi connectivity index (χ4v) is 1.98. The minimum absolute atomic E-state index is 0.350. The number of hydrogen-bond donors (Lipinski definition) is 1. The van der Waals surface area contributed by atoms with Crippen molar-refractivity contribution in [1.29, 1.82) is 0 Å². The van der Waals surface area contributed by atoms with Crippen LogP contribution in [0.5, 0.6) is 0 Å². The number of halogens is 1. The third-order valence-electron chi connectivity index (χ3n) is 3.36. The van der Waals surface area contributed by atoms with Gasteiger partial charge in [0.05, 0.1) is 0 Å². The minimum Gasteiger partial charge on any atom is -0.307 e. The van der Waals surface area contributed by atoms with Gasteiger partial charge in [0.25, 0.3) is 0 Å². The van der Waals surface area contributed by atoms with Gasteiger partial charge in [0.15, 0.2) is 0 Å². The van der Waals surface area contributed by atoms with Gasteiger partial charge in [0, 0.05) is 17.1 Å². The molecule has 0 aromatic heterocycles. The molecule has 0 heterocycles. The van der Waals surface area contributed by atoms with Crippen molar-refractivity contribution in [2.24, 2.45) is 5.92 Å². The Balaban J connectivity index is 2.61. The van der Waals surface area contributed by atoms with Crippen LogP contribution in [0.4, 0.5) is 0 Å². The van der Waals surface area contributed by atoms with E-state index in [1.807, 2.05) is 18.2 Å². The van der Waals surface area contributed by atoms with E-state index in [4.69, 9.17) is 11.6 Å². The van der Waals surface area contributed by atoms with Crippen molar-refractivity contribution in [3.05, 3.63) is 34.9 Å². The fourth-order valence-electron chi connectivity index (χ4n) is 1.78. The Labute approximate surface area is 104 Å². The zero-order valence-electron chi connectivity index (χ0n) is 10.6. The molecular formula is C14H22ClN. The van der Waals surface area contributed by atoms with Crippen LogP contribution in [0.2, 0.25) is 5.02 Å². The van der Waals surface area contributed by atoms with E-state index in [-0.39, 0.29) is 0 Å². The maximum atomic E-state index is 5.99. The molecular weight excluding hydrogens is 218 g/mol. The molecule has 0 saturated heterocycles. The van der Waals surface area contributed by atoms with Crippen molar-refractivity contribution in [3.8, 4) is 0 Å². The normalized spacial score (nSPS) is 16.8. The van der Waals surface area contributed by atoms with E-state index in [0.717, 1.165) is 5.02 Å². The van der Waals surface area contributed by atoms with Gasteiger partial charge in [-0.05, 0) is 37.5 Å². The second-order valence-corrected chi connectivity index (χ2v) is 5.05. The molecule has 0 fully saturated rings. The van der Waals surface area contributed by atoms with Crippen molar-refractivity contribution in [2.45, 2.75) is 46.2 Å². The number of hydrogen-bond acceptors (Lipinski definition) is 1. The Kier molecular flexibility index (Phi) is 5.30. The van der Waals surface area contributed by atoms with Gasteiger partial charge in [0.2, 0.25) is 0 Å². The molecule has 0 amide bonds. The molecule has 0 aliphatic heterocycles. The van der Waals surface area contributed by atoms with Crippen LogP contribution in [0, 0.1) is 5.92 Å². The van der Waals surface area contributed by atoms with E-state index < -0.39 is 0 Å². The maximum absolute atomic E-state index is 5.99. The van der Waals surface area contributed by atoms with Crippen molar-refractivity contribution >= 4 is 11.6 Å². The monoisotopic (exact) mass is 239 g/mol. The summed E-state index contributed by atoms with van der Waals surface area (Å²) in [5, 5.41) is 4.42. The highest BCUT2D eigenvalue weighted by Gasteiger charge is 2.13. The lowest BCUT2D eigenvalue weighted by Crippen LogP contribution is -2.33. The van der Waals surface area contributed by atoms with Gasteiger partial charge in [-0.3, -0.25) is 0 Å². The molecule has 1 aromatic carbocycles. The first-order chi connectivity index (χ1) is 7.54. The summed E-state index contributed by atoms with van der Waals surface area (Å²) in [6.45, 7) is 8.94. The summed E-state index contributed by atoms with van der Waals surface area (Å²) in [6.07, 6.45) is 1.20. The molecule has 2 heteroatoms. The maximum Gasteiger partial charge on any atom is 0.0409 e. The number of nitrogens with one attached hydrogen (secondary N) is 1. The summed E-state index contributed by atoms with van der Waals surface area (Å²) in [4.78, 5) is 0. The van der Waals surface area contributed by atoms with Crippen molar-refractivity contribution in [1.82, 2.24) is 5.32 Å². The zero-order valence-corrected chi connectivity index (χ0v) is 11.4. The lowest BCUT2D eigenvalue weighted by molar-refractivity contribution is 0.360. The second kappa shape index (κ2) is 6.27. The van der Waals surface area contributed by atoms with E-state index in [0.29, 0.717) is 18.0 Å². The van der Waals surface area contributed by atoms with Crippen LogP contribution in [0.15, 0.2) is 24.3 Å². The summed E-state index contributed by atoms with van der Waals surface area (Å²) in [5.41, 5.74) is 1.25. The molecule has 0 bridgehead atoms. The van der Waals surface area contributed by atoms with Crippen LogP contribution >= 0.6 is 11.6 Å². The van der Waals surface area contributed by atoms with Crippen molar-refractivity contribution in [2.75, 3.05) is 0 Å². The van der Waals surface area contributed by atoms with Gasteiger partial charge in [-0.15, -0.1) is 0 Å². The van der Waals surface area contributed by atoms with Gasteiger partial charge in [-0.1, -0.05) is 44.0 Å². The molecule has 1 aromatic rings. The molecule has 0 aliphatic rings. The molecule has 0 saturated carbocycles.